The normalized spacial score (nSPS) is 23.0. The van der Waals surface area contributed by atoms with Crippen molar-refractivity contribution < 1.29 is 18.7 Å². The fraction of sp³-hybridized carbons (Fsp3) is 0.471. The van der Waals surface area contributed by atoms with E-state index in [-0.39, 0.29) is 24.5 Å². The Bertz CT molecular complexity index is 899. The van der Waals surface area contributed by atoms with Crippen molar-refractivity contribution in [3.05, 3.63) is 28.7 Å². The molecule has 1 aliphatic rings. The Morgan fingerprint density at radius 3 is 2.80 bits per heavy atom. The Labute approximate surface area is 144 Å². The lowest BCUT2D eigenvalue weighted by Gasteiger charge is -2.24. The number of aromatic nitrogens is 1. The average molecular weight is 347 g/mol. The van der Waals surface area contributed by atoms with Crippen molar-refractivity contribution in [1.82, 2.24) is 9.47 Å². The van der Waals surface area contributed by atoms with E-state index in [1.807, 2.05) is 13.8 Å². The van der Waals surface area contributed by atoms with Crippen LogP contribution in [0.4, 0.5) is 10.5 Å². The molecule has 1 aliphatic heterocycles. The molecule has 0 spiro atoms. The van der Waals surface area contributed by atoms with E-state index in [1.165, 1.54) is 11.7 Å². The zero-order valence-corrected chi connectivity index (χ0v) is 14.7. The zero-order valence-electron chi connectivity index (χ0n) is 14.7. The second-order valence-electron chi connectivity index (χ2n) is 6.73. The molecule has 3 rings (SSSR count). The van der Waals surface area contributed by atoms with Gasteiger partial charge in [0.15, 0.2) is 5.58 Å². The maximum absolute atomic E-state index is 12.5. The van der Waals surface area contributed by atoms with Gasteiger partial charge in [-0.25, -0.2) is 9.59 Å². The molecule has 2 amide bonds. The number of carbonyl (C=O) groups is 2. The van der Waals surface area contributed by atoms with Gasteiger partial charge in [-0.1, -0.05) is 6.92 Å². The number of amides is 2. The minimum absolute atomic E-state index is 0.0136. The number of esters is 1. The predicted octanol–water partition coefficient (Wildman–Crippen LogP) is 1.79. The molecule has 25 heavy (non-hydrogen) atoms. The van der Waals surface area contributed by atoms with Crippen molar-refractivity contribution >= 4 is 28.8 Å². The molecule has 1 fully saturated rings. The van der Waals surface area contributed by atoms with Gasteiger partial charge in [-0.05, 0) is 25.0 Å². The van der Waals surface area contributed by atoms with E-state index in [9.17, 15) is 14.4 Å². The molecule has 2 atom stereocenters. The van der Waals surface area contributed by atoms with Crippen LogP contribution < -0.4 is 11.1 Å². The molecular formula is C17H21N3O5. The largest absolute Gasteiger partial charge is 0.469 e. The van der Waals surface area contributed by atoms with Gasteiger partial charge in [-0.3, -0.25) is 9.36 Å². The first-order valence-corrected chi connectivity index (χ1v) is 8.00. The summed E-state index contributed by atoms with van der Waals surface area (Å²) in [6, 6.07) is 4.71. The van der Waals surface area contributed by atoms with Crippen molar-refractivity contribution in [3.8, 4) is 0 Å². The van der Waals surface area contributed by atoms with Crippen LogP contribution in [0, 0.1) is 11.3 Å². The fourth-order valence-corrected chi connectivity index (χ4v) is 3.22. The van der Waals surface area contributed by atoms with Gasteiger partial charge in [0.1, 0.15) is 0 Å². The summed E-state index contributed by atoms with van der Waals surface area (Å²) in [5.74, 6) is -0.788. The van der Waals surface area contributed by atoms with Crippen LogP contribution >= 0.6 is 0 Å². The highest BCUT2D eigenvalue weighted by Crippen LogP contribution is 2.36. The maximum atomic E-state index is 12.5. The summed E-state index contributed by atoms with van der Waals surface area (Å²) in [4.78, 5) is 37.7. The first-order chi connectivity index (χ1) is 11.8. The SMILES string of the molecule is COC(=O)[C@]1(C)CN(C(=O)Nc2ccc3c(c2)oc(=O)n3C)C[C@H]1C. The Morgan fingerprint density at radius 1 is 1.40 bits per heavy atom. The van der Waals surface area contributed by atoms with Crippen LogP contribution in [0.1, 0.15) is 13.8 Å². The van der Waals surface area contributed by atoms with Gasteiger partial charge in [0.25, 0.3) is 0 Å². The maximum Gasteiger partial charge on any atom is 0.419 e. The van der Waals surface area contributed by atoms with Gasteiger partial charge < -0.3 is 19.4 Å². The van der Waals surface area contributed by atoms with Crippen LogP contribution in [-0.4, -0.2) is 41.7 Å². The van der Waals surface area contributed by atoms with Crippen molar-refractivity contribution in [2.75, 3.05) is 25.5 Å². The second kappa shape index (κ2) is 5.94. The molecule has 134 valence electrons. The van der Waals surface area contributed by atoms with Crippen LogP contribution in [0.5, 0.6) is 0 Å². The third kappa shape index (κ3) is 2.77. The first kappa shape index (κ1) is 17.1. The number of benzene rings is 1. The molecule has 0 aliphatic carbocycles. The molecule has 2 aromatic rings. The summed E-state index contributed by atoms with van der Waals surface area (Å²) in [6.45, 7) is 4.48. The molecule has 1 aromatic carbocycles. The summed E-state index contributed by atoms with van der Waals surface area (Å²) < 4.78 is 11.4. The Kier molecular flexibility index (Phi) is 4.06. The molecule has 0 radical (unpaired) electrons. The Balaban J connectivity index is 1.77. The number of nitrogens with zero attached hydrogens (tertiary/aromatic N) is 2. The van der Waals surface area contributed by atoms with E-state index < -0.39 is 11.2 Å². The van der Waals surface area contributed by atoms with Crippen molar-refractivity contribution in [3.63, 3.8) is 0 Å². The lowest BCUT2D eigenvalue weighted by molar-refractivity contribution is -0.152. The highest BCUT2D eigenvalue weighted by atomic mass is 16.5. The quantitative estimate of drug-likeness (QED) is 0.836. The van der Waals surface area contributed by atoms with Crippen molar-refractivity contribution in [2.24, 2.45) is 18.4 Å². The monoisotopic (exact) mass is 347 g/mol. The number of likely N-dealkylation sites (tertiary alicyclic amines) is 1. The summed E-state index contributed by atoms with van der Waals surface area (Å²) in [6.07, 6.45) is 0. The molecular weight excluding hydrogens is 326 g/mol. The van der Waals surface area contributed by atoms with Gasteiger partial charge in [-0.2, -0.15) is 0 Å². The predicted molar refractivity (Wildman–Crippen MR) is 91.3 cm³/mol. The number of oxazole rings is 1. The summed E-state index contributed by atoms with van der Waals surface area (Å²) in [5, 5.41) is 2.78. The smallest absolute Gasteiger partial charge is 0.419 e. The number of nitrogens with one attached hydrogen (secondary N) is 1. The van der Waals surface area contributed by atoms with Crippen LogP contribution in [0.25, 0.3) is 11.1 Å². The van der Waals surface area contributed by atoms with Crippen LogP contribution in [-0.2, 0) is 16.6 Å². The van der Waals surface area contributed by atoms with E-state index in [1.54, 1.807) is 30.1 Å². The number of methoxy groups -OCH3 is 1. The fourth-order valence-electron chi connectivity index (χ4n) is 3.22. The molecule has 8 heteroatoms. The first-order valence-electron chi connectivity index (χ1n) is 8.00. The third-order valence-electron chi connectivity index (χ3n) is 5.08. The number of fused-ring (bicyclic) bond motifs is 1. The van der Waals surface area contributed by atoms with E-state index in [2.05, 4.69) is 5.32 Å². The number of hydrogen-bond acceptors (Lipinski definition) is 5. The number of ether oxygens (including phenoxy) is 1. The number of carbonyl (C=O) groups excluding carboxylic acids is 2. The highest BCUT2D eigenvalue weighted by Gasteiger charge is 2.48. The zero-order chi connectivity index (χ0) is 18.4. The van der Waals surface area contributed by atoms with Crippen LogP contribution in [0.15, 0.2) is 27.4 Å². The lowest BCUT2D eigenvalue weighted by atomic mass is 9.81. The molecule has 0 bridgehead atoms. The number of anilines is 1. The third-order valence-corrected chi connectivity index (χ3v) is 5.08. The molecule has 8 nitrogen and oxygen atoms in total. The van der Waals surface area contributed by atoms with Crippen molar-refractivity contribution in [2.45, 2.75) is 13.8 Å². The second-order valence-corrected chi connectivity index (χ2v) is 6.73. The van der Waals surface area contributed by atoms with Crippen molar-refractivity contribution in [1.29, 1.82) is 0 Å². The minimum atomic E-state index is -0.720. The molecule has 0 saturated carbocycles. The lowest BCUT2D eigenvalue weighted by Crippen LogP contribution is -2.38. The van der Waals surface area contributed by atoms with Gasteiger partial charge in [-0.15, -0.1) is 0 Å². The molecule has 2 heterocycles. The topological polar surface area (TPSA) is 93.8 Å². The molecule has 1 N–H and O–H groups in total. The van der Waals surface area contributed by atoms with Crippen LogP contribution in [0.2, 0.25) is 0 Å². The molecule has 0 unspecified atom stereocenters. The van der Waals surface area contributed by atoms with Gasteiger partial charge >= 0.3 is 17.8 Å². The van der Waals surface area contributed by atoms with Crippen LogP contribution in [0.3, 0.4) is 0 Å². The summed E-state index contributed by atoms with van der Waals surface area (Å²) in [7, 11) is 2.97. The van der Waals surface area contributed by atoms with Gasteiger partial charge in [0.05, 0.1) is 18.0 Å². The summed E-state index contributed by atoms with van der Waals surface area (Å²) >= 11 is 0. The van der Waals surface area contributed by atoms with E-state index in [4.69, 9.17) is 9.15 Å². The minimum Gasteiger partial charge on any atom is -0.469 e. The average Bonchev–Trinajstić information content (AvgIpc) is 3.04. The number of urea groups is 1. The summed E-state index contributed by atoms with van der Waals surface area (Å²) in [5.41, 5.74) is 0.851. The Hall–Kier alpha value is -2.77. The molecule has 1 saturated heterocycles. The van der Waals surface area contributed by atoms with E-state index >= 15 is 0 Å². The standard InChI is InChI=1S/C17H21N3O5/c1-10-8-20(9-17(10,2)14(21)24-4)15(22)18-11-5-6-12-13(7-11)25-16(23)19(12)3/h5-7,10H,8-9H2,1-4H3,(H,18,22)/t10-,17-/m1/s1. The number of aryl methyl sites for hydroxylation is 1. The van der Waals surface area contributed by atoms with Gasteiger partial charge in [0, 0.05) is 31.9 Å². The Morgan fingerprint density at radius 2 is 2.12 bits per heavy atom. The van der Waals surface area contributed by atoms with E-state index in [0.717, 1.165) is 0 Å². The van der Waals surface area contributed by atoms with E-state index in [0.29, 0.717) is 23.3 Å². The van der Waals surface area contributed by atoms with Gasteiger partial charge in [0.2, 0.25) is 0 Å². The molecule has 1 aromatic heterocycles. The highest BCUT2D eigenvalue weighted by molar-refractivity contribution is 5.92. The number of rotatable bonds is 2. The number of hydrogen-bond donors (Lipinski definition) is 1.